The van der Waals surface area contributed by atoms with E-state index in [1.807, 2.05) is 60.7 Å². The zero-order valence-corrected chi connectivity index (χ0v) is 21.9. The van der Waals surface area contributed by atoms with Gasteiger partial charge in [-0.3, -0.25) is 0 Å². The van der Waals surface area contributed by atoms with E-state index in [9.17, 15) is 0 Å². The van der Waals surface area contributed by atoms with E-state index >= 15 is 0 Å². The predicted octanol–water partition coefficient (Wildman–Crippen LogP) is 9.35. The molecule has 0 bridgehead atoms. The van der Waals surface area contributed by atoms with Crippen molar-refractivity contribution in [2.75, 3.05) is 0 Å². The van der Waals surface area contributed by atoms with Gasteiger partial charge in [-0.25, -0.2) is 0 Å². The number of hydrogen-bond acceptors (Lipinski definition) is 6. The fraction of sp³-hybridized carbons (Fsp3) is 0. The molecule has 0 radical (unpaired) electrons. The highest BCUT2D eigenvalue weighted by molar-refractivity contribution is 9.55. The van der Waals surface area contributed by atoms with Crippen molar-refractivity contribution in [1.29, 1.82) is 0 Å². The van der Waals surface area contributed by atoms with Crippen LogP contribution in [0.5, 0.6) is 23.0 Å². The number of ether oxygens (including phenoxy) is 2. The Morgan fingerprint density at radius 3 is 1.50 bits per heavy atom. The second-order valence-electron chi connectivity index (χ2n) is 6.82. The van der Waals surface area contributed by atoms with E-state index in [1.165, 1.54) is 10.6 Å². The lowest BCUT2D eigenvalue weighted by Crippen LogP contribution is -2.09. The molecule has 0 saturated carbocycles. The van der Waals surface area contributed by atoms with Crippen molar-refractivity contribution in [3.05, 3.63) is 109 Å². The van der Waals surface area contributed by atoms with Crippen LogP contribution in [0, 0.1) is 0 Å². The molecule has 1 aliphatic rings. The summed E-state index contributed by atoms with van der Waals surface area (Å²) in [5.41, 5.74) is 0. The van der Waals surface area contributed by atoms with Gasteiger partial charge in [-0.1, -0.05) is 48.1 Å². The topological polar surface area (TPSA) is 18.5 Å². The Balaban J connectivity index is 1.23. The van der Waals surface area contributed by atoms with Crippen LogP contribution in [0.15, 0.2) is 109 Å². The first kappa shape index (κ1) is 22.5. The Hall–Kier alpha value is -1.26. The molecule has 0 spiro atoms. The SMILES string of the molecule is SS[P+]1(c2ccc(Oc3ccccc3)cc2)SP(c2ccc(Oc3ccccc3)cc2)S1. The average Bonchev–Trinajstić information content (AvgIpc) is 2.82. The summed E-state index contributed by atoms with van der Waals surface area (Å²) in [6.45, 7) is 0. The molecule has 160 valence electrons. The predicted molar refractivity (Wildman–Crippen MR) is 151 cm³/mol. The van der Waals surface area contributed by atoms with E-state index in [4.69, 9.17) is 9.47 Å². The molecule has 0 N–H and O–H groups in total. The molecule has 1 fully saturated rings. The first-order chi connectivity index (χ1) is 15.7. The molecule has 0 aliphatic carbocycles. The second-order valence-corrected chi connectivity index (χ2v) is 25.6. The molecule has 1 heterocycles. The van der Waals surface area contributed by atoms with Gasteiger partial charge in [0, 0.05) is 5.30 Å². The summed E-state index contributed by atoms with van der Waals surface area (Å²) in [4.78, 5) is -1.44. The number of thiol groups is 1. The minimum absolute atomic E-state index is 0.303. The Morgan fingerprint density at radius 1 is 0.594 bits per heavy atom. The summed E-state index contributed by atoms with van der Waals surface area (Å²) in [6.07, 6.45) is -0.303. The van der Waals surface area contributed by atoms with Crippen LogP contribution in [0.2, 0.25) is 0 Å². The lowest BCUT2D eigenvalue weighted by atomic mass is 10.3. The van der Waals surface area contributed by atoms with Gasteiger partial charge in [0.25, 0.3) is 0 Å². The molecule has 4 aromatic carbocycles. The highest BCUT2D eigenvalue weighted by Crippen LogP contribution is 3.10. The first-order valence-corrected chi connectivity index (χ1v) is 19.5. The minimum Gasteiger partial charge on any atom is -0.457 e. The van der Waals surface area contributed by atoms with Crippen molar-refractivity contribution in [2.24, 2.45) is 0 Å². The van der Waals surface area contributed by atoms with E-state index in [0.717, 1.165) is 23.0 Å². The smallest absolute Gasteiger partial charge is 0.245 e. The molecule has 0 unspecified atom stereocenters. The zero-order valence-electron chi connectivity index (χ0n) is 16.8. The molecular formula is C24H19O2P2S4+. The molecule has 5 rings (SSSR count). The summed E-state index contributed by atoms with van der Waals surface area (Å²) in [5.74, 6) is 3.43. The van der Waals surface area contributed by atoms with Gasteiger partial charge in [-0.05, 0) is 72.8 Å². The molecular weight excluding hydrogens is 510 g/mol. The highest BCUT2D eigenvalue weighted by Gasteiger charge is 2.60. The number of rotatable bonds is 7. The number of benzene rings is 4. The molecule has 4 aromatic rings. The Bertz CT molecular complexity index is 1150. The van der Waals surface area contributed by atoms with Gasteiger partial charge < -0.3 is 9.47 Å². The van der Waals surface area contributed by atoms with E-state index in [0.29, 0.717) is 0 Å². The van der Waals surface area contributed by atoms with Crippen LogP contribution in [0.4, 0.5) is 0 Å². The number of para-hydroxylation sites is 2. The fourth-order valence-electron chi connectivity index (χ4n) is 3.05. The van der Waals surface area contributed by atoms with E-state index < -0.39 is 4.87 Å². The van der Waals surface area contributed by atoms with Crippen molar-refractivity contribution in [3.8, 4) is 23.0 Å². The summed E-state index contributed by atoms with van der Waals surface area (Å²) in [7, 11) is 1.71. The second kappa shape index (κ2) is 10.3. The normalized spacial score (nSPS) is 19.7. The van der Waals surface area contributed by atoms with Crippen molar-refractivity contribution < 1.29 is 9.47 Å². The van der Waals surface area contributed by atoms with Crippen molar-refractivity contribution in [2.45, 2.75) is 0 Å². The first-order valence-electron chi connectivity index (χ1n) is 9.82. The average molecular weight is 530 g/mol. The van der Waals surface area contributed by atoms with Crippen molar-refractivity contribution >= 4 is 65.9 Å². The van der Waals surface area contributed by atoms with Crippen LogP contribution >= 0.6 is 55.3 Å². The summed E-state index contributed by atoms with van der Waals surface area (Å²) in [6, 6.07) is 36.8. The Morgan fingerprint density at radius 2 is 1.03 bits per heavy atom. The van der Waals surface area contributed by atoms with Crippen molar-refractivity contribution in [3.63, 3.8) is 0 Å². The highest BCUT2D eigenvalue weighted by atomic mass is 33.8. The molecule has 8 heteroatoms. The molecule has 32 heavy (non-hydrogen) atoms. The van der Waals surface area contributed by atoms with Crippen LogP contribution in [-0.4, -0.2) is 0 Å². The number of hydrogen-bond donors (Lipinski definition) is 1. The maximum atomic E-state index is 5.94. The van der Waals surface area contributed by atoms with Crippen LogP contribution < -0.4 is 20.1 Å². The Labute approximate surface area is 206 Å². The van der Waals surface area contributed by atoms with Gasteiger partial charge in [-0.15, -0.1) is 0 Å². The maximum Gasteiger partial charge on any atom is 0.245 e. The lowest BCUT2D eigenvalue weighted by Gasteiger charge is -2.33. The third-order valence-electron chi connectivity index (χ3n) is 4.63. The monoisotopic (exact) mass is 529 g/mol. The van der Waals surface area contributed by atoms with Crippen LogP contribution in [0.1, 0.15) is 0 Å². The summed E-state index contributed by atoms with van der Waals surface area (Å²) < 4.78 is 11.9. The molecule has 2 nitrogen and oxygen atoms in total. The zero-order chi connectivity index (χ0) is 21.8. The van der Waals surface area contributed by atoms with Gasteiger partial charge in [0.1, 0.15) is 45.0 Å². The summed E-state index contributed by atoms with van der Waals surface area (Å²) in [5, 5.41) is 2.73. The van der Waals surface area contributed by atoms with Gasteiger partial charge in [0.2, 0.25) is 4.87 Å². The third kappa shape index (κ3) is 5.12. The minimum atomic E-state index is -1.44. The van der Waals surface area contributed by atoms with Crippen LogP contribution in [-0.2, 0) is 0 Å². The van der Waals surface area contributed by atoms with Gasteiger partial charge in [0.15, 0.2) is 0 Å². The molecule has 1 saturated heterocycles. The van der Waals surface area contributed by atoms with Gasteiger partial charge >= 0.3 is 0 Å². The molecule has 0 atom stereocenters. The van der Waals surface area contributed by atoms with Gasteiger partial charge in [0.05, 0.1) is 22.0 Å². The van der Waals surface area contributed by atoms with Crippen molar-refractivity contribution in [1.82, 2.24) is 0 Å². The lowest BCUT2D eigenvalue weighted by molar-refractivity contribution is 0.482. The summed E-state index contributed by atoms with van der Waals surface area (Å²) >= 11 is 8.84. The molecule has 0 amide bonds. The van der Waals surface area contributed by atoms with E-state index in [1.54, 1.807) is 10.4 Å². The van der Waals surface area contributed by atoms with Gasteiger partial charge in [-0.2, -0.15) is 0 Å². The fourth-order valence-corrected chi connectivity index (χ4v) is 37.4. The molecule has 1 aliphatic heterocycles. The van der Waals surface area contributed by atoms with Crippen LogP contribution in [0.3, 0.4) is 0 Å². The van der Waals surface area contributed by atoms with E-state index in [-0.39, 0.29) is 6.33 Å². The van der Waals surface area contributed by atoms with Crippen LogP contribution in [0.25, 0.3) is 0 Å². The third-order valence-corrected chi connectivity index (χ3v) is 36.1. The van der Waals surface area contributed by atoms with E-state index in [2.05, 4.69) is 82.2 Å². The molecule has 0 aromatic heterocycles. The quantitative estimate of drug-likeness (QED) is 0.146. The largest absolute Gasteiger partial charge is 0.457 e. The standard InChI is InChI=1S/C24H18O2P2S4/c29-32-28(24-17-13-22(14-18-24)26-20-9-5-2-6-10-20)30-27(31-28)23-15-11-21(12-16-23)25-19-7-3-1-4-8-19/h1-18H/p+1. The maximum absolute atomic E-state index is 5.94. The Kier molecular flexibility index (Phi) is 7.28.